The Balaban J connectivity index is 2.29. The lowest BCUT2D eigenvalue weighted by Crippen LogP contribution is -2.12. The first-order chi connectivity index (χ1) is 10.0. The van der Waals surface area contributed by atoms with Crippen LogP contribution in [0, 0.1) is 6.92 Å². The highest BCUT2D eigenvalue weighted by Gasteiger charge is 2.15. The predicted octanol–water partition coefficient (Wildman–Crippen LogP) is 3.98. The fourth-order valence-corrected chi connectivity index (χ4v) is 2.48. The Hall–Kier alpha value is -1.59. The molecule has 0 aliphatic carbocycles. The zero-order valence-electron chi connectivity index (χ0n) is 11.9. The first-order valence-corrected chi connectivity index (χ1v) is 7.57. The zero-order valence-corrected chi connectivity index (χ0v) is 14.3. The third kappa shape index (κ3) is 3.95. The van der Waals surface area contributed by atoms with E-state index in [1.165, 1.54) is 5.56 Å². The Labute approximate surface area is 138 Å². The Kier molecular flexibility index (Phi) is 5.20. The molecule has 0 aromatic heterocycles. The van der Waals surface area contributed by atoms with Crippen LogP contribution >= 0.6 is 28.1 Å². The molecule has 2 N–H and O–H groups in total. The van der Waals surface area contributed by atoms with E-state index in [2.05, 4.69) is 15.9 Å². The van der Waals surface area contributed by atoms with Gasteiger partial charge in [0, 0.05) is 4.47 Å². The van der Waals surface area contributed by atoms with Crippen molar-refractivity contribution in [2.45, 2.75) is 13.5 Å². The summed E-state index contributed by atoms with van der Waals surface area (Å²) >= 11 is 8.50. The molecule has 110 valence electrons. The molecule has 3 nitrogen and oxygen atoms in total. The number of hydrogen-bond acceptors (Lipinski definition) is 3. The summed E-state index contributed by atoms with van der Waals surface area (Å²) in [7, 11) is 1.59. The van der Waals surface area contributed by atoms with Crippen LogP contribution in [0.5, 0.6) is 11.5 Å². The number of rotatable bonds is 5. The van der Waals surface area contributed by atoms with Crippen LogP contribution in [-0.4, -0.2) is 12.1 Å². The van der Waals surface area contributed by atoms with E-state index >= 15 is 0 Å². The fraction of sp³-hybridized carbons (Fsp3) is 0.188. The third-order valence-electron chi connectivity index (χ3n) is 3.01. The minimum absolute atomic E-state index is 0.272. The number of ether oxygens (including phenoxy) is 2. The molecule has 0 unspecified atom stereocenters. The number of methoxy groups -OCH3 is 1. The maximum atomic E-state index is 5.89. The van der Waals surface area contributed by atoms with Gasteiger partial charge in [-0.1, -0.05) is 58.0 Å². The van der Waals surface area contributed by atoms with E-state index in [4.69, 9.17) is 27.4 Å². The Morgan fingerprint density at radius 2 is 1.90 bits per heavy atom. The molecule has 0 aliphatic rings. The molecule has 0 atom stereocenters. The van der Waals surface area contributed by atoms with Gasteiger partial charge in [0.15, 0.2) is 11.5 Å². The SMILES string of the molecule is COc1cc(Br)cc(C(N)=S)c1OCc1ccc(C)cc1. The number of thiocarbonyl (C=S) groups is 1. The van der Waals surface area contributed by atoms with Crippen molar-refractivity contribution in [2.75, 3.05) is 7.11 Å². The number of nitrogens with two attached hydrogens (primary N) is 1. The third-order valence-corrected chi connectivity index (χ3v) is 3.69. The minimum Gasteiger partial charge on any atom is -0.493 e. The second-order valence-electron chi connectivity index (χ2n) is 4.62. The van der Waals surface area contributed by atoms with Crippen molar-refractivity contribution in [1.82, 2.24) is 0 Å². The molecule has 0 spiro atoms. The molecule has 2 aromatic carbocycles. The second kappa shape index (κ2) is 6.91. The number of hydrogen-bond donors (Lipinski definition) is 1. The van der Waals surface area contributed by atoms with Crippen LogP contribution < -0.4 is 15.2 Å². The lowest BCUT2D eigenvalue weighted by molar-refractivity contribution is 0.284. The molecule has 2 aromatic rings. The van der Waals surface area contributed by atoms with Gasteiger partial charge in [-0.3, -0.25) is 0 Å². The van der Waals surface area contributed by atoms with Crippen LogP contribution in [0.15, 0.2) is 40.9 Å². The van der Waals surface area contributed by atoms with Crippen molar-refractivity contribution < 1.29 is 9.47 Å². The summed E-state index contributed by atoms with van der Waals surface area (Å²) in [5, 5.41) is 0. The van der Waals surface area contributed by atoms with E-state index in [-0.39, 0.29) is 4.99 Å². The highest BCUT2D eigenvalue weighted by molar-refractivity contribution is 9.10. The van der Waals surface area contributed by atoms with E-state index in [1.807, 2.05) is 43.3 Å². The van der Waals surface area contributed by atoms with Gasteiger partial charge >= 0.3 is 0 Å². The maximum absolute atomic E-state index is 5.89. The number of halogens is 1. The van der Waals surface area contributed by atoms with Crippen LogP contribution in [0.2, 0.25) is 0 Å². The average molecular weight is 366 g/mol. The summed E-state index contributed by atoms with van der Waals surface area (Å²) in [5.74, 6) is 1.16. The number of aryl methyl sites for hydroxylation is 1. The van der Waals surface area contributed by atoms with Gasteiger partial charge in [-0.05, 0) is 24.6 Å². The standard InChI is InChI=1S/C16H16BrNO2S/c1-10-3-5-11(6-4-10)9-20-15-13(16(18)21)7-12(17)8-14(15)19-2/h3-8H,9H2,1-2H3,(H2,18,21). The van der Waals surface area contributed by atoms with E-state index in [0.29, 0.717) is 23.7 Å². The van der Waals surface area contributed by atoms with Crippen molar-refractivity contribution >= 4 is 33.1 Å². The Bertz CT molecular complexity index is 656. The molecule has 2 rings (SSSR count). The lowest BCUT2D eigenvalue weighted by atomic mass is 10.1. The van der Waals surface area contributed by atoms with Gasteiger partial charge in [0.1, 0.15) is 11.6 Å². The molecular weight excluding hydrogens is 350 g/mol. The van der Waals surface area contributed by atoms with Gasteiger partial charge < -0.3 is 15.2 Å². The molecule has 0 amide bonds. The molecule has 0 saturated carbocycles. The van der Waals surface area contributed by atoms with Gasteiger partial charge in [-0.2, -0.15) is 0 Å². The maximum Gasteiger partial charge on any atom is 0.171 e. The molecule has 21 heavy (non-hydrogen) atoms. The van der Waals surface area contributed by atoms with Gasteiger partial charge in [0.2, 0.25) is 0 Å². The van der Waals surface area contributed by atoms with Crippen molar-refractivity contribution in [3.05, 3.63) is 57.6 Å². The van der Waals surface area contributed by atoms with Gasteiger partial charge in [0.25, 0.3) is 0 Å². The fourth-order valence-electron chi connectivity index (χ4n) is 1.89. The van der Waals surface area contributed by atoms with E-state index in [9.17, 15) is 0 Å². The van der Waals surface area contributed by atoms with Crippen LogP contribution in [0.25, 0.3) is 0 Å². The molecule has 5 heteroatoms. The summed E-state index contributed by atoms with van der Waals surface area (Å²) in [5.41, 5.74) is 8.71. The van der Waals surface area contributed by atoms with Crippen LogP contribution in [-0.2, 0) is 6.61 Å². The van der Waals surface area contributed by atoms with Crippen LogP contribution in [0.3, 0.4) is 0 Å². The normalized spacial score (nSPS) is 10.2. The van der Waals surface area contributed by atoms with E-state index in [0.717, 1.165) is 10.0 Å². The van der Waals surface area contributed by atoms with Crippen LogP contribution in [0.1, 0.15) is 16.7 Å². The second-order valence-corrected chi connectivity index (χ2v) is 5.98. The predicted molar refractivity (Wildman–Crippen MR) is 92.1 cm³/mol. The van der Waals surface area contributed by atoms with Crippen molar-refractivity contribution in [3.8, 4) is 11.5 Å². The summed E-state index contributed by atoms with van der Waals surface area (Å²) in [6, 6.07) is 11.8. The summed E-state index contributed by atoms with van der Waals surface area (Å²) in [6.45, 7) is 2.47. The molecule has 0 bridgehead atoms. The lowest BCUT2D eigenvalue weighted by Gasteiger charge is -2.15. The van der Waals surface area contributed by atoms with Gasteiger partial charge in [-0.25, -0.2) is 0 Å². The first kappa shape index (κ1) is 15.8. The van der Waals surface area contributed by atoms with Crippen molar-refractivity contribution in [2.24, 2.45) is 5.73 Å². The van der Waals surface area contributed by atoms with Crippen molar-refractivity contribution in [3.63, 3.8) is 0 Å². The van der Waals surface area contributed by atoms with Crippen LogP contribution in [0.4, 0.5) is 0 Å². The zero-order chi connectivity index (χ0) is 15.4. The van der Waals surface area contributed by atoms with Gasteiger partial charge in [0.05, 0.1) is 12.7 Å². The topological polar surface area (TPSA) is 44.5 Å². The molecule has 0 heterocycles. The Morgan fingerprint density at radius 3 is 2.48 bits per heavy atom. The summed E-state index contributed by atoms with van der Waals surface area (Å²) < 4.78 is 12.1. The molecule has 0 radical (unpaired) electrons. The van der Waals surface area contributed by atoms with Crippen molar-refractivity contribution in [1.29, 1.82) is 0 Å². The Morgan fingerprint density at radius 1 is 1.24 bits per heavy atom. The summed E-state index contributed by atoms with van der Waals surface area (Å²) in [6.07, 6.45) is 0. The largest absolute Gasteiger partial charge is 0.493 e. The average Bonchev–Trinajstić information content (AvgIpc) is 2.46. The smallest absolute Gasteiger partial charge is 0.171 e. The molecule has 0 aliphatic heterocycles. The van der Waals surface area contributed by atoms with E-state index in [1.54, 1.807) is 7.11 Å². The molecule has 0 fully saturated rings. The molecule has 0 saturated heterocycles. The minimum atomic E-state index is 0.272. The highest BCUT2D eigenvalue weighted by atomic mass is 79.9. The monoisotopic (exact) mass is 365 g/mol. The molecular formula is C16H16BrNO2S. The quantitative estimate of drug-likeness (QED) is 0.813. The highest BCUT2D eigenvalue weighted by Crippen LogP contribution is 2.35. The summed E-state index contributed by atoms with van der Waals surface area (Å²) in [4.78, 5) is 0.272. The van der Waals surface area contributed by atoms with E-state index < -0.39 is 0 Å². The van der Waals surface area contributed by atoms with Gasteiger partial charge in [-0.15, -0.1) is 0 Å². The first-order valence-electron chi connectivity index (χ1n) is 6.37. The number of benzene rings is 2.